The van der Waals surface area contributed by atoms with Gasteiger partial charge in [0.25, 0.3) is 0 Å². The van der Waals surface area contributed by atoms with Gasteiger partial charge >= 0.3 is 5.97 Å². The molecule has 1 amide bonds. The molecular weight excluding hydrogens is 244 g/mol. The highest BCUT2D eigenvalue weighted by molar-refractivity contribution is 5.88. The summed E-state index contributed by atoms with van der Waals surface area (Å²) in [4.78, 5) is 26.2. The van der Waals surface area contributed by atoms with Crippen LogP contribution in [-0.2, 0) is 14.3 Å². The Labute approximate surface area is 114 Å². The van der Waals surface area contributed by atoms with Gasteiger partial charge in [0.05, 0.1) is 6.04 Å². The maximum atomic E-state index is 12.4. The maximum absolute atomic E-state index is 12.4. The Hall–Kier alpha value is -1.10. The van der Waals surface area contributed by atoms with E-state index >= 15 is 0 Å². The zero-order valence-electron chi connectivity index (χ0n) is 12.1. The molecule has 2 aliphatic rings. The van der Waals surface area contributed by atoms with Crippen LogP contribution in [0.15, 0.2) is 0 Å². The first-order chi connectivity index (χ1) is 8.88. The molecule has 0 aromatic carbocycles. The molecule has 2 heterocycles. The zero-order valence-corrected chi connectivity index (χ0v) is 12.1. The van der Waals surface area contributed by atoms with Crippen molar-refractivity contribution in [2.75, 3.05) is 13.1 Å². The van der Waals surface area contributed by atoms with Crippen LogP contribution in [0, 0.1) is 0 Å². The quantitative estimate of drug-likeness (QED) is 0.761. The molecule has 0 aromatic heterocycles. The van der Waals surface area contributed by atoms with Crippen molar-refractivity contribution in [1.82, 2.24) is 10.2 Å². The molecule has 2 atom stereocenters. The third kappa shape index (κ3) is 3.47. The minimum absolute atomic E-state index is 0.0610. The highest BCUT2D eigenvalue weighted by atomic mass is 16.6. The van der Waals surface area contributed by atoms with E-state index in [0.29, 0.717) is 13.0 Å². The Morgan fingerprint density at radius 2 is 1.95 bits per heavy atom. The van der Waals surface area contributed by atoms with Crippen LogP contribution < -0.4 is 5.32 Å². The Morgan fingerprint density at radius 1 is 1.21 bits per heavy atom. The van der Waals surface area contributed by atoms with Crippen molar-refractivity contribution < 1.29 is 14.3 Å². The topological polar surface area (TPSA) is 58.6 Å². The van der Waals surface area contributed by atoms with Crippen LogP contribution in [0.2, 0.25) is 0 Å². The summed E-state index contributed by atoms with van der Waals surface area (Å²) in [6.07, 6.45) is 3.49. The lowest BCUT2D eigenvalue weighted by molar-refractivity contribution is -0.163. The normalized spacial score (nSPS) is 27.6. The molecule has 0 bridgehead atoms. The second-order valence-electron chi connectivity index (χ2n) is 6.37. The van der Waals surface area contributed by atoms with Gasteiger partial charge in [0.1, 0.15) is 11.6 Å². The van der Waals surface area contributed by atoms with Crippen molar-refractivity contribution in [3.63, 3.8) is 0 Å². The fourth-order valence-corrected chi connectivity index (χ4v) is 2.74. The van der Waals surface area contributed by atoms with Gasteiger partial charge in [0.2, 0.25) is 5.91 Å². The van der Waals surface area contributed by atoms with Crippen molar-refractivity contribution in [1.29, 1.82) is 0 Å². The van der Waals surface area contributed by atoms with E-state index in [1.807, 2.05) is 20.8 Å². The van der Waals surface area contributed by atoms with E-state index in [9.17, 15) is 9.59 Å². The Kier molecular flexibility index (Phi) is 4.13. The number of carbonyl (C=O) groups excluding carboxylic acids is 2. The summed E-state index contributed by atoms with van der Waals surface area (Å²) in [6, 6.07) is -0.503. The van der Waals surface area contributed by atoms with E-state index in [1.54, 1.807) is 4.90 Å². The molecular formula is C14H24N2O3. The Morgan fingerprint density at radius 3 is 2.53 bits per heavy atom. The number of nitrogens with zero attached hydrogens (tertiary/aromatic N) is 1. The van der Waals surface area contributed by atoms with Crippen molar-refractivity contribution in [2.45, 2.75) is 64.1 Å². The molecule has 2 rings (SSSR count). The monoisotopic (exact) mass is 268 g/mol. The fraction of sp³-hybridized carbons (Fsp3) is 0.857. The van der Waals surface area contributed by atoms with Crippen LogP contribution >= 0.6 is 0 Å². The van der Waals surface area contributed by atoms with Gasteiger partial charge in [-0.15, -0.1) is 0 Å². The standard InChI is InChI=1S/C14H24N2O3/c1-14(2,3)19-13(18)11-7-5-9-16(11)12(17)10-6-4-8-15-10/h10-11,15H,4-9H2,1-3H3/t10-,11-/m1/s1. The van der Waals surface area contributed by atoms with Crippen LogP contribution in [0.25, 0.3) is 0 Å². The summed E-state index contributed by atoms with van der Waals surface area (Å²) >= 11 is 0. The fourth-order valence-electron chi connectivity index (χ4n) is 2.74. The molecule has 0 aromatic rings. The zero-order chi connectivity index (χ0) is 14.0. The third-order valence-corrected chi connectivity index (χ3v) is 3.57. The molecule has 0 radical (unpaired) electrons. The number of rotatable bonds is 2. The van der Waals surface area contributed by atoms with Gasteiger partial charge in [0.15, 0.2) is 0 Å². The SMILES string of the molecule is CC(C)(C)OC(=O)[C@H]1CCCN1C(=O)[C@H]1CCCN1. The number of likely N-dealkylation sites (tertiary alicyclic amines) is 1. The predicted molar refractivity (Wildman–Crippen MR) is 71.6 cm³/mol. The second kappa shape index (κ2) is 5.49. The molecule has 108 valence electrons. The lowest BCUT2D eigenvalue weighted by atomic mass is 10.1. The molecule has 19 heavy (non-hydrogen) atoms. The first kappa shape index (κ1) is 14.3. The number of hydrogen-bond donors (Lipinski definition) is 1. The van der Waals surface area contributed by atoms with Crippen molar-refractivity contribution >= 4 is 11.9 Å². The van der Waals surface area contributed by atoms with Crippen LogP contribution in [0.1, 0.15) is 46.5 Å². The van der Waals surface area contributed by atoms with Gasteiger partial charge < -0.3 is 15.0 Å². The first-order valence-electron chi connectivity index (χ1n) is 7.15. The predicted octanol–water partition coefficient (Wildman–Crippen LogP) is 1.07. The summed E-state index contributed by atoms with van der Waals surface area (Å²) in [5, 5.41) is 3.20. The minimum atomic E-state index is -0.500. The highest BCUT2D eigenvalue weighted by Crippen LogP contribution is 2.23. The van der Waals surface area contributed by atoms with Gasteiger partial charge in [0, 0.05) is 6.54 Å². The summed E-state index contributed by atoms with van der Waals surface area (Å²) in [5.74, 6) is -0.206. The number of amides is 1. The molecule has 5 heteroatoms. The summed E-state index contributed by atoms with van der Waals surface area (Å²) in [5.41, 5.74) is -0.500. The molecule has 1 N–H and O–H groups in total. The molecule has 0 aliphatic carbocycles. The average molecular weight is 268 g/mol. The van der Waals surface area contributed by atoms with E-state index < -0.39 is 11.6 Å². The molecule has 2 fully saturated rings. The van der Waals surface area contributed by atoms with Crippen LogP contribution in [0.5, 0.6) is 0 Å². The number of nitrogens with one attached hydrogen (secondary N) is 1. The van der Waals surface area contributed by atoms with Gasteiger partial charge in [-0.25, -0.2) is 4.79 Å². The van der Waals surface area contributed by atoms with Gasteiger partial charge in [-0.05, 0) is 53.0 Å². The van der Waals surface area contributed by atoms with Gasteiger partial charge in [-0.2, -0.15) is 0 Å². The second-order valence-corrected chi connectivity index (χ2v) is 6.37. The van der Waals surface area contributed by atoms with Crippen LogP contribution in [0.4, 0.5) is 0 Å². The summed E-state index contributed by atoms with van der Waals surface area (Å²) < 4.78 is 5.41. The number of ether oxygens (including phenoxy) is 1. The number of esters is 1. The lowest BCUT2D eigenvalue weighted by Gasteiger charge is -2.29. The summed E-state index contributed by atoms with van der Waals surface area (Å²) in [7, 11) is 0. The third-order valence-electron chi connectivity index (χ3n) is 3.57. The molecule has 0 spiro atoms. The minimum Gasteiger partial charge on any atom is -0.458 e. The smallest absolute Gasteiger partial charge is 0.329 e. The maximum Gasteiger partial charge on any atom is 0.329 e. The Bertz CT molecular complexity index is 356. The van der Waals surface area contributed by atoms with Crippen molar-refractivity contribution in [3.8, 4) is 0 Å². The van der Waals surface area contributed by atoms with E-state index in [2.05, 4.69) is 5.32 Å². The average Bonchev–Trinajstić information content (AvgIpc) is 2.97. The van der Waals surface area contributed by atoms with E-state index in [0.717, 1.165) is 25.8 Å². The van der Waals surface area contributed by atoms with E-state index in [1.165, 1.54) is 0 Å². The first-order valence-corrected chi connectivity index (χ1v) is 7.15. The molecule has 2 aliphatic heterocycles. The van der Waals surface area contributed by atoms with Crippen LogP contribution in [-0.4, -0.2) is 47.6 Å². The largest absolute Gasteiger partial charge is 0.458 e. The number of hydrogen-bond acceptors (Lipinski definition) is 4. The van der Waals surface area contributed by atoms with Gasteiger partial charge in [-0.1, -0.05) is 0 Å². The Balaban J connectivity index is 2.00. The van der Waals surface area contributed by atoms with Gasteiger partial charge in [-0.3, -0.25) is 4.79 Å². The highest BCUT2D eigenvalue weighted by Gasteiger charge is 2.39. The molecule has 0 saturated carbocycles. The van der Waals surface area contributed by atoms with E-state index in [-0.39, 0.29) is 17.9 Å². The summed E-state index contributed by atoms with van der Waals surface area (Å²) in [6.45, 7) is 7.11. The van der Waals surface area contributed by atoms with Crippen molar-refractivity contribution in [2.24, 2.45) is 0 Å². The molecule has 5 nitrogen and oxygen atoms in total. The lowest BCUT2D eigenvalue weighted by Crippen LogP contribution is -2.49. The number of carbonyl (C=O) groups is 2. The molecule has 0 unspecified atom stereocenters. The van der Waals surface area contributed by atoms with E-state index in [4.69, 9.17) is 4.74 Å². The molecule has 2 saturated heterocycles. The van der Waals surface area contributed by atoms with Crippen molar-refractivity contribution in [3.05, 3.63) is 0 Å². The van der Waals surface area contributed by atoms with Crippen LogP contribution in [0.3, 0.4) is 0 Å².